The topological polar surface area (TPSA) is 52.0 Å². The summed E-state index contributed by atoms with van der Waals surface area (Å²) >= 11 is 0. The summed E-state index contributed by atoms with van der Waals surface area (Å²) in [6, 6.07) is 39.8. The van der Waals surface area contributed by atoms with E-state index in [9.17, 15) is 0 Å². The van der Waals surface area contributed by atoms with Crippen molar-refractivity contribution in [3.63, 3.8) is 0 Å². The zero-order valence-corrected chi connectivity index (χ0v) is 25.2. The van der Waals surface area contributed by atoms with Gasteiger partial charge in [0.25, 0.3) is 0 Å². The van der Waals surface area contributed by atoms with Crippen molar-refractivity contribution >= 4 is 11.4 Å². The van der Waals surface area contributed by atoms with Crippen molar-refractivity contribution < 1.29 is 0 Å². The van der Waals surface area contributed by atoms with Gasteiger partial charge in [-0.1, -0.05) is 112 Å². The Morgan fingerprint density at radius 3 is 1.05 bits per heavy atom. The second kappa shape index (κ2) is 14.0. The van der Waals surface area contributed by atoms with Crippen LogP contribution in [0.15, 0.2) is 109 Å². The standard InChI is InChI=1S/C40H44N2/c1-3-5-35-27-33(24-34-12-18-38(36(28-34)6-4-2)26-32-15-21-40(42)22-16-32)11-17-37(35)25-31-9-7-29(8-10-31)23-30-13-19-39(41)20-14-30/h7-22,27-28H,3-6,23-26,41-42H2,1-2H3. The van der Waals surface area contributed by atoms with Gasteiger partial charge in [0.15, 0.2) is 0 Å². The van der Waals surface area contributed by atoms with Crippen molar-refractivity contribution in [2.45, 2.75) is 65.2 Å². The van der Waals surface area contributed by atoms with Crippen LogP contribution >= 0.6 is 0 Å². The van der Waals surface area contributed by atoms with E-state index in [0.29, 0.717) is 0 Å². The number of hydrogen-bond donors (Lipinski definition) is 2. The Balaban J connectivity index is 1.28. The second-order valence-electron chi connectivity index (χ2n) is 11.7. The van der Waals surface area contributed by atoms with Crippen LogP contribution in [0.5, 0.6) is 0 Å². The van der Waals surface area contributed by atoms with Gasteiger partial charge in [-0.2, -0.15) is 0 Å². The number of aryl methyl sites for hydroxylation is 2. The molecule has 0 unspecified atom stereocenters. The molecule has 0 aliphatic heterocycles. The van der Waals surface area contributed by atoms with Crippen LogP contribution in [0.4, 0.5) is 11.4 Å². The van der Waals surface area contributed by atoms with Crippen LogP contribution in [0.1, 0.15) is 82.3 Å². The van der Waals surface area contributed by atoms with Gasteiger partial charge < -0.3 is 11.5 Å². The zero-order chi connectivity index (χ0) is 29.3. The van der Waals surface area contributed by atoms with Crippen LogP contribution in [-0.4, -0.2) is 0 Å². The smallest absolute Gasteiger partial charge is 0.0314 e. The highest BCUT2D eigenvalue weighted by molar-refractivity contribution is 5.44. The van der Waals surface area contributed by atoms with Crippen LogP contribution in [0, 0.1) is 0 Å². The first-order valence-electron chi connectivity index (χ1n) is 15.5. The van der Waals surface area contributed by atoms with Crippen molar-refractivity contribution in [3.05, 3.63) is 165 Å². The van der Waals surface area contributed by atoms with E-state index in [1.165, 1.54) is 55.6 Å². The van der Waals surface area contributed by atoms with E-state index < -0.39 is 0 Å². The molecule has 0 radical (unpaired) electrons. The van der Waals surface area contributed by atoms with Gasteiger partial charge in [-0.3, -0.25) is 0 Å². The number of nitrogen functional groups attached to an aromatic ring is 2. The molecule has 5 aromatic rings. The number of hydrogen-bond acceptors (Lipinski definition) is 2. The Morgan fingerprint density at radius 2 is 0.667 bits per heavy atom. The highest BCUT2D eigenvalue weighted by Gasteiger charge is 2.09. The molecule has 0 spiro atoms. The van der Waals surface area contributed by atoms with E-state index >= 15 is 0 Å². The van der Waals surface area contributed by atoms with E-state index in [1.54, 1.807) is 0 Å². The molecule has 0 heterocycles. The molecule has 0 fully saturated rings. The summed E-state index contributed by atoms with van der Waals surface area (Å²) in [6.45, 7) is 4.54. The van der Waals surface area contributed by atoms with Gasteiger partial charge in [-0.05, 0) is 118 Å². The molecule has 0 bridgehead atoms. The number of anilines is 2. The SMILES string of the molecule is CCCc1cc(Cc2ccc(Cc3ccc(Cc4ccc(N)cc4)cc3)c(CCC)c2)ccc1Cc1ccc(N)cc1. The first-order chi connectivity index (χ1) is 20.5. The Hall–Kier alpha value is -4.30. The third-order valence-corrected chi connectivity index (χ3v) is 8.17. The molecule has 0 saturated carbocycles. The van der Waals surface area contributed by atoms with Crippen LogP contribution in [0.25, 0.3) is 0 Å². The third-order valence-electron chi connectivity index (χ3n) is 8.17. The Morgan fingerprint density at radius 1 is 0.357 bits per heavy atom. The summed E-state index contributed by atoms with van der Waals surface area (Å²) < 4.78 is 0. The average Bonchev–Trinajstić information content (AvgIpc) is 2.99. The predicted molar refractivity (Wildman–Crippen MR) is 180 cm³/mol. The fourth-order valence-electron chi connectivity index (χ4n) is 5.88. The van der Waals surface area contributed by atoms with Gasteiger partial charge in [0, 0.05) is 11.4 Å². The van der Waals surface area contributed by atoms with Crippen LogP contribution in [-0.2, 0) is 38.5 Å². The van der Waals surface area contributed by atoms with Gasteiger partial charge in [0.2, 0.25) is 0 Å². The molecule has 0 saturated heterocycles. The highest BCUT2D eigenvalue weighted by atomic mass is 14.5. The lowest BCUT2D eigenvalue weighted by Gasteiger charge is -2.14. The molecule has 0 aliphatic rings. The zero-order valence-electron chi connectivity index (χ0n) is 25.2. The van der Waals surface area contributed by atoms with Crippen molar-refractivity contribution in [3.8, 4) is 0 Å². The molecule has 0 aliphatic carbocycles. The first-order valence-corrected chi connectivity index (χ1v) is 15.5. The molecule has 0 amide bonds. The highest BCUT2D eigenvalue weighted by Crippen LogP contribution is 2.24. The average molecular weight is 553 g/mol. The summed E-state index contributed by atoms with van der Waals surface area (Å²) in [7, 11) is 0. The molecule has 5 aromatic carbocycles. The lowest BCUT2D eigenvalue weighted by Crippen LogP contribution is -2.01. The van der Waals surface area contributed by atoms with E-state index in [0.717, 1.165) is 62.7 Å². The maximum absolute atomic E-state index is 5.90. The number of benzene rings is 5. The lowest BCUT2D eigenvalue weighted by molar-refractivity contribution is 0.895. The molecule has 0 aromatic heterocycles. The van der Waals surface area contributed by atoms with E-state index in [4.69, 9.17) is 11.5 Å². The Kier molecular flexibility index (Phi) is 9.77. The quantitative estimate of drug-likeness (QED) is 0.152. The molecular weight excluding hydrogens is 508 g/mol. The first kappa shape index (κ1) is 29.2. The molecule has 42 heavy (non-hydrogen) atoms. The van der Waals surface area contributed by atoms with E-state index in [1.807, 2.05) is 24.3 Å². The molecule has 5 rings (SSSR count). The summed E-state index contributed by atoms with van der Waals surface area (Å²) in [5.41, 5.74) is 27.3. The molecule has 2 heteroatoms. The lowest BCUT2D eigenvalue weighted by atomic mass is 9.91. The van der Waals surface area contributed by atoms with E-state index in [-0.39, 0.29) is 0 Å². The summed E-state index contributed by atoms with van der Waals surface area (Å²) in [5.74, 6) is 0. The van der Waals surface area contributed by atoms with Gasteiger partial charge in [-0.15, -0.1) is 0 Å². The van der Waals surface area contributed by atoms with Crippen LogP contribution in [0.2, 0.25) is 0 Å². The van der Waals surface area contributed by atoms with Crippen LogP contribution < -0.4 is 11.5 Å². The van der Waals surface area contributed by atoms with Crippen molar-refractivity contribution in [1.29, 1.82) is 0 Å². The Labute approximate surface area is 252 Å². The van der Waals surface area contributed by atoms with Crippen molar-refractivity contribution in [1.82, 2.24) is 0 Å². The monoisotopic (exact) mass is 552 g/mol. The molecule has 4 N–H and O–H groups in total. The molecule has 0 atom stereocenters. The maximum Gasteiger partial charge on any atom is 0.0314 e. The van der Waals surface area contributed by atoms with Crippen molar-refractivity contribution in [2.75, 3.05) is 11.5 Å². The van der Waals surface area contributed by atoms with Gasteiger partial charge in [0.05, 0.1) is 0 Å². The summed E-state index contributed by atoms with van der Waals surface area (Å²) in [6.07, 6.45) is 8.34. The van der Waals surface area contributed by atoms with Crippen LogP contribution in [0.3, 0.4) is 0 Å². The second-order valence-corrected chi connectivity index (χ2v) is 11.7. The minimum Gasteiger partial charge on any atom is -0.399 e. The predicted octanol–water partition coefficient (Wildman–Crippen LogP) is 9.12. The fourth-order valence-corrected chi connectivity index (χ4v) is 5.88. The van der Waals surface area contributed by atoms with Crippen molar-refractivity contribution in [2.24, 2.45) is 0 Å². The number of rotatable bonds is 12. The number of nitrogens with two attached hydrogens (primary N) is 2. The minimum absolute atomic E-state index is 0.813. The summed E-state index contributed by atoms with van der Waals surface area (Å²) in [5, 5.41) is 0. The molecule has 2 nitrogen and oxygen atoms in total. The third kappa shape index (κ3) is 7.91. The molecule has 214 valence electrons. The summed E-state index contributed by atoms with van der Waals surface area (Å²) in [4.78, 5) is 0. The minimum atomic E-state index is 0.813. The molecular formula is C40H44N2. The maximum atomic E-state index is 5.90. The largest absolute Gasteiger partial charge is 0.399 e. The van der Waals surface area contributed by atoms with Gasteiger partial charge >= 0.3 is 0 Å². The van der Waals surface area contributed by atoms with E-state index in [2.05, 4.69) is 98.8 Å². The van der Waals surface area contributed by atoms with Gasteiger partial charge in [0.1, 0.15) is 0 Å². The Bertz CT molecular complexity index is 1580. The normalized spacial score (nSPS) is 11.1. The van der Waals surface area contributed by atoms with Gasteiger partial charge in [-0.25, -0.2) is 0 Å². The fraction of sp³-hybridized carbons (Fsp3) is 0.250.